The Hall–Kier alpha value is -4.18. The molecule has 0 aliphatic rings. The molecule has 0 spiro atoms. The van der Waals surface area contributed by atoms with Gasteiger partial charge in [-0.15, -0.1) is 0 Å². The fourth-order valence-corrected chi connectivity index (χ4v) is 2.87. The van der Waals surface area contributed by atoms with Crippen LogP contribution in [0.25, 0.3) is 0 Å². The van der Waals surface area contributed by atoms with Crippen LogP contribution < -0.4 is 10.6 Å². The first-order valence-corrected chi connectivity index (χ1v) is 8.90. The van der Waals surface area contributed by atoms with Crippen LogP contribution >= 0.6 is 0 Å². The molecular weight excluding hydrogens is 368 g/mol. The maximum absolute atomic E-state index is 13.0. The minimum Gasteiger partial charge on any atom is -0.369 e. The monoisotopic (exact) mass is 386 g/mol. The van der Waals surface area contributed by atoms with Gasteiger partial charge in [0.2, 0.25) is 5.91 Å². The molecule has 0 heterocycles. The molecule has 0 saturated carbocycles. The predicted molar refractivity (Wildman–Crippen MR) is 109 cm³/mol. The van der Waals surface area contributed by atoms with Crippen molar-refractivity contribution < 1.29 is 9.72 Å². The van der Waals surface area contributed by atoms with E-state index in [1.54, 1.807) is 30.3 Å². The summed E-state index contributed by atoms with van der Waals surface area (Å²) in [6, 6.07) is 23.3. The van der Waals surface area contributed by atoms with Gasteiger partial charge < -0.3 is 10.6 Å². The van der Waals surface area contributed by atoms with Crippen LogP contribution in [-0.2, 0) is 11.3 Å². The maximum Gasteiger partial charge on any atom is 0.269 e. The lowest BCUT2D eigenvalue weighted by Crippen LogP contribution is -2.33. The number of benzene rings is 3. The third-order valence-corrected chi connectivity index (χ3v) is 4.33. The van der Waals surface area contributed by atoms with Crippen LogP contribution in [0.3, 0.4) is 0 Å². The van der Waals surface area contributed by atoms with E-state index < -0.39 is 11.0 Å². The molecule has 144 valence electrons. The summed E-state index contributed by atoms with van der Waals surface area (Å²) >= 11 is 0. The van der Waals surface area contributed by atoms with Crippen LogP contribution in [0.1, 0.15) is 22.7 Å². The first kappa shape index (κ1) is 19.6. The van der Waals surface area contributed by atoms with Crippen molar-refractivity contribution in [3.05, 3.63) is 106 Å². The first-order valence-electron chi connectivity index (χ1n) is 8.90. The van der Waals surface area contributed by atoms with E-state index in [9.17, 15) is 20.2 Å². The summed E-state index contributed by atoms with van der Waals surface area (Å²) in [7, 11) is 0. The van der Waals surface area contributed by atoms with Crippen molar-refractivity contribution in [1.29, 1.82) is 5.26 Å². The Kier molecular flexibility index (Phi) is 6.18. The molecule has 0 saturated heterocycles. The Morgan fingerprint density at radius 3 is 2.48 bits per heavy atom. The summed E-state index contributed by atoms with van der Waals surface area (Å²) in [5, 5.41) is 26.4. The van der Waals surface area contributed by atoms with E-state index in [0.717, 1.165) is 5.56 Å². The highest BCUT2D eigenvalue weighted by Crippen LogP contribution is 2.25. The van der Waals surface area contributed by atoms with Gasteiger partial charge in [0.1, 0.15) is 12.1 Å². The lowest BCUT2D eigenvalue weighted by molar-refractivity contribution is -0.384. The van der Waals surface area contributed by atoms with Crippen LogP contribution in [0.5, 0.6) is 0 Å². The number of rotatable bonds is 7. The molecule has 1 amide bonds. The van der Waals surface area contributed by atoms with Crippen molar-refractivity contribution in [3.63, 3.8) is 0 Å². The lowest BCUT2D eigenvalue weighted by atomic mass is 10.0. The largest absolute Gasteiger partial charge is 0.369 e. The second-order valence-corrected chi connectivity index (χ2v) is 6.29. The zero-order valence-electron chi connectivity index (χ0n) is 15.4. The van der Waals surface area contributed by atoms with Gasteiger partial charge in [-0.2, -0.15) is 5.26 Å². The molecular formula is C22H18N4O3. The Balaban J connectivity index is 1.90. The number of carbonyl (C=O) groups is 1. The number of hydrogen-bond donors (Lipinski definition) is 2. The van der Waals surface area contributed by atoms with Gasteiger partial charge in [0.25, 0.3) is 5.69 Å². The summed E-state index contributed by atoms with van der Waals surface area (Å²) in [5.74, 6) is -0.359. The molecule has 3 aromatic rings. The molecule has 0 fully saturated rings. The van der Waals surface area contributed by atoms with E-state index in [1.807, 2.05) is 30.3 Å². The van der Waals surface area contributed by atoms with Crippen molar-refractivity contribution in [2.45, 2.75) is 12.6 Å². The van der Waals surface area contributed by atoms with E-state index in [0.29, 0.717) is 23.4 Å². The number of carbonyl (C=O) groups excluding carboxylic acids is 1. The van der Waals surface area contributed by atoms with Crippen LogP contribution in [0, 0.1) is 21.4 Å². The quantitative estimate of drug-likeness (QED) is 0.472. The SMILES string of the molecule is N#Cc1ccccc1NC(C(=O)NCc1ccccc1)c1cccc([N+](=O)[O-])c1. The van der Waals surface area contributed by atoms with Crippen molar-refractivity contribution in [1.82, 2.24) is 5.32 Å². The van der Waals surface area contributed by atoms with Crippen LogP contribution in [0.15, 0.2) is 78.9 Å². The minimum absolute atomic E-state index is 0.112. The number of nitro benzene ring substituents is 1. The fourth-order valence-electron chi connectivity index (χ4n) is 2.87. The number of non-ortho nitro benzene ring substituents is 1. The number of para-hydroxylation sites is 1. The number of nitro groups is 1. The number of nitrogens with one attached hydrogen (secondary N) is 2. The normalized spacial score (nSPS) is 11.1. The van der Waals surface area contributed by atoms with E-state index in [1.165, 1.54) is 18.2 Å². The second-order valence-electron chi connectivity index (χ2n) is 6.29. The fraction of sp³-hybridized carbons (Fsp3) is 0.0909. The van der Waals surface area contributed by atoms with Crippen LogP contribution in [-0.4, -0.2) is 10.8 Å². The summed E-state index contributed by atoms with van der Waals surface area (Å²) in [6.07, 6.45) is 0. The van der Waals surface area contributed by atoms with Gasteiger partial charge in [0, 0.05) is 18.7 Å². The van der Waals surface area contributed by atoms with Crippen molar-refractivity contribution in [2.75, 3.05) is 5.32 Å². The van der Waals surface area contributed by atoms with Gasteiger partial charge in [-0.25, -0.2) is 0 Å². The predicted octanol–water partition coefficient (Wildman–Crippen LogP) is 3.94. The first-order chi connectivity index (χ1) is 14.1. The molecule has 2 N–H and O–H groups in total. The average molecular weight is 386 g/mol. The molecule has 7 nitrogen and oxygen atoms in total. The highest BCUT2D eigenvalue weighted by Gasteiger charge is 2.23. The highest BCUT2D eigenvalue weighted by molar-refractivity contribution is 5.86. The van der Waals surface area contributed by atoms with E-state index >= 15 is 0 Å². The Morgan fingerprint density at radius 2 is 1.76 bits per heavy atom. The molecule has 3 aromatic carbocycles. The Labute approximate surface area is 167 Å². The van der Waals surface area contributed by atoms with E-state index in [-0.39, 0.29) is 11.6 Å². The number of nitriles is 1. The summed E-state index contributed by atoms with van der Waals surface area (Å²) in [4.78, 5) is 23.6. The summed E-state index contributed by atoms with van der Waals surface area (Å²) in [6.45, 7) is 0.312. The molecule has 0 radical (unpaired) electrons. The third kappa shape index (κ3) is 4.96. The Bertz CT molecular complexity index is 1060. The third-order valence-electron chi connectivity index (χ3n) is 4.33. The van der Waals surface area contributed by atoms with E-state index in [4.69, 9.17) is 0 Å². The minimum atomic E-state index is -0.909. The Morgan fingerprint density at radius 1 is 1.03 bits per heavy atom. The molecule has 0 aromatic heterocycles. The molecule has 1 atom stereocenters. The summed E-state index contributed by atoms with van der Waals surface area (Å²) in [5.41, 5.74) is 2.09. The van der Waals surface area contributed by atoms with Gasteiger partial charge in [-0.3, -0.25) is 14.9 Å². The smallest absolute Gasteiger partial charge is 0.269 e. The van der Waals surface area contributed by atoms with Gasteiger partial charge in [0.15, 0.2) is 0 Å². The van der Waals surface area contributed by atoms with Crippen molar-refractivity contribution in [3.8, 4) is 6.07 Å². The van der Waals surface area contributed by atoms with Crippen LogP contribution in [0.4, 0.5) is 11.4 Å². The molecule has 0 bridgehead atoms. The topological polar surface area (TPSA) is 108 Å². The van der Waals surface area contributed by atoms with E-state index in [2.05, 4.69) is 16.7 Å². The maximum atomic E-state index is 13.0. The molecule has 3 rings (SSSR count). The summed E-state index contributed by atoms with van der Waals surface area (Å²) < 4.78 is 0. The lowest BCUT2D eigenvalue weighted by Gasteiger charge is -2.20. The molecule has 1 unspecified atom stereocenters. The van der Waals surface area contributed by atoms with Crippen molar-refractivity contribution >= 4 is 17.3 Å². The molecule has 29 heavy (non-hydrogen) atoms. The highest BCUT2D eigenvalue weighted by atomic mass is 16.6. The number of hydrogen-bond acceptors (Lipinski definition) is 5. The number of amides is 1. The standard InChI is InChI=1S/C22H18N4O3/c23-14-18-9-4-5-12-20(18)25-21(17-10-6-11-19(13-17)26(28)29)22(27)24-15-16-7-2-1-3-8-16/h1-13,21,25H,15H2,(H,24,27). The zero-order valence-corrected chi connectivity index (χ0v) is 15.4. The number of anilines is 1. The average Bonchev–Trinajstić information content (AvgIpc) is 2.76. The van der Waals surface area contributed by atoms with Crippen LogP contribution in [0.2, 0.25) is 0 Å². The van der Waals surface area contributed by atoms with Gasteiger partial charge in [-0.05, 0) is 23.3 Å². The zero-order chi connectivity index (χ0) is 20.6. The molecule has 0 aliphatic carbocycles. The second kappa shape index (κ2) is 9.15. The van der Waals surface area contributed by atoms with Gasteiger partial charge in [0.05, 0.1) is 16.2 Å². The van der Waals surface area contributed by atoms with Crippen molar-refractivity contribution in [2.24, 2.45) is 0 Å². The number of nitrogens with zero attached hydrogens (tertiary/aromatic N) is 2. The molecule has 0 aliphatic heterocycles. The van der Waals surface area contributed by atoms with Gasteiger partial charge >= 0.3 is 0 Å². The van der Waals surface area contributed by atoms with Gasteiger partial charge in [-0.1, -0.05) is 54.6 Å². The molecule has 7 heteroatoms.